The van der Waals surface area contributed by atoms with E-state index in [-0.39, 0.29) is 31.0 Å². The van der Waals surface area contributed by atoms with Crippen LogP contribution in [0.3, 0.4) is 0 Å². The van der Waals surface area contributed by atoms with Crippen LogP contribution < -0.4 is 29.6 Å². The van der Waals surface area contributed by atoms with E-state index in [2.05, 4.69) is 4.52 Å². The van der Waals surface area contributed by atoms with Gasteiger partial charge in [-0.2, -0.15) is 0 Å². The predicted octanol–water partition coefficient (Wildman–Crippen LogP) is -5.50. The summed E-state index contributed by atoms with van der Waals surface area (Å²) in [5, 5.41) is 26.1. The summed E-state index contributed by atoms with van der Waals surface area (Å²) in [6.45, 7) is -1.88. The molecule has 0 fully saturated rings. The number of phosphoric ester groups is 1. The summed E-state index contributed by atoms with van der Waals surface area (Å²) >= 11 is 0. The van der Waals surface area contributed by atoms with E-state index in [1.165, 1.54) is 0 Å². The Bertz CT molecular complexity index is 245. The summed E-state index contributed by atoms with van der Waals surface area (Å²) in [5.74, 6) is -1.06. The molecule has 0 saturated heterocycles. The van der Waals surface area contributed by atoms with Crippen LogP contribution >= 0.6 is 7.82 Å². The molecule has 0 radical (unpaired) electrons. The molecule has 86 valence electrons. The summed E-state index contributed by atoms with van der Waals surface area (Å²) in [6, 6.07) is 0. The van der Waals surface area contributed by atoms with Crippen molar-refractivity contribution in [3.63, 3.8) is 0 Å². The third kappa shape index (κ3) is 8.47. The zero-order chi connectivity index (χ0) is 11.4. The Morgan fingerprint density at radius 1 is 1.40 bits per heavy atom. The van der Waals surface area contributed by atoms with Gasteiger partial charge >= 0.3 is 37.4 Å². The number of rotatable bonds is 6. The van der Waals surface area contributed by atoms with Gasteiger partial charge in [-0.15, -0.1) is 0 Å². The Morgan fingerprint density at radius 3 is 2.20 bits per heavy atom. The molecule has 0 unspecified atom stereocenters. The molecule has 0 aromatic heterocycles. The predicted molar refractivity (Wildman–Crippen MR) is 43.2 cm³/mol. The maximum Gasteiger partial charge on any atom is 1.00 e. The molecule has 5 N–H and O–H groups in total. The number of phosphoric acid groups is 1. The molecule has 0 bridgehead atoms. The van der Waals surface area contributed by atoms with Gasteiger partial charge in [-0.05, 0) is 0 Å². The second kappa shape index (κ2) is 7.86. The topological polar surface area (TPSA) is 145 Å². The number of carbonyl (C=O) groups is 1. The van der Waals surface area contributed by atoms with Crippen LogP contribution in [0.5, 0.6) is 0 Å². The summed E-state index contributed by atoms with van der Waals surface area (Å²) < 4.78 is 14.0. The van der Waals surface area contributed by atoms with Crippen molar-refractivity contribution in [1.29, 1.82) is 0 Å². The average molecular weight is 254 g/mol. The molecule has 10 heteroatoms. The van der Waals surface area contributed by atoms with Gasteiger partial charge in [0.25, 0.3) is 0 Å². The van der Waals surface area contributed by atoms with E-state index in [1.54, 1.807) is 0 Å². The van der Waals surface area contributed by atoms with Gasteiger partial charge in [-0.3, -0.25) is 9.32 Å². The normalized spacial score (nSPS) is 15.3. The fraction of sp³-hybridized carbons (Fsp3) is 0.800. The molecule has 0 heterocycles. The summed E-state index contributed by atoms with van der Waals surface area (Å²) in [6.07, 6.45) is -3.71. The average Bonchev–Trinajstić information content (AvgIpc) is 2.10. The Kier molecular flexibility index (Phi) is 9.45. The first-order chi connectivity index (χ1) is 6.28. The Hall–Kier alpha value is 0.660. The fourth-order valence-corrected chi connectivity index (χ4v) is 0.920. The van der Waals surface area contributed by atoms with Gasteiger partial charge in [-0.25, -0.2) is 4.57 Å². The van der Waals surface area contributed by atoms with Gasteiger partial charge in [0, 0.05) is 0 Å². The molecular formula is C5H12NaO8P. The molecule has 0 aliphatic heterocycles. The smallest absolute Gasteiger partial charge is 1.00 e. The monoisotopic (exact) mass is 254 g/mol. The van der Waals surface area contributed by atoms with Crippen LogP contribution in [-0.4, -0.2) is 56.3 Å². The van der Waals surface area contributed by atoms with Crippen molar-refractivity contribution < 1.29 is 70.0 Å². The van der Waals surface area contributed by atoms with Gasteiger partial charge < -0.3 is 26.5 Å². The van der Waals surface area contributed by atoms with E-state index in [9.17, 15) is 9.36 Å². The fourth-order valence-electron chi connectivity index (χ4n) is 0.573. The third-order valence-electron chi connectivity index (χ3n) is 1.26. The molecular weight excluding hydrogens is 242 g/mol. The maximum absolute atomic E-state index is 10.6. The SMILES string of the molecule is O=C(CO)[C@H](O)[C@H](O)COP(=O)(O)O.[H-].[Na+]. The van der Waals surface area contributed by atoms with E-state index in [0.717, 1.165) is 0 Å². The van der Waals surface area contributed by atoms with Crippen LogP contribution in [0.4, 0.5) is 0 Å². The van der Waals surface area contributed by atoms with Crippen LogP contribution in [0.1, 0.15) is 1.43 Å². The van der Waals surface area contributed by atoms with Gasteiger partial charge in [0.15, 0.2) is 5.78 Å². The van der Waals surface area contributed by atoms with Crippen LogP contribution in [0.2, 0.25) is 0 Å². The van der Waals surface area contributed by atoms with Gasteiger partial charge in [0.05, 0.1) is 6.61 Å². The van der Waals surface area contributed by atoms with Crippen LogP contribution in [0, 0.1) is 0 Å². The Labute approximate surface area is 109 Å². The van der Waals surface area contributed by atoms with E-state index >= 15 is 0 Å². The van der Waals surface area contributed by atoms with Crippen molar-refractivity contribution in [1.82, 2.24) is 0 Å². The second-order valence-electron chi connectivity index (χ2n) is 2.42. The first-order valence-electron chi connectivity index (χ1n) is 3.47. The molecule has 0 rings (SSSR count). The van der Waals surface area contributed by atoms with E-state index < -0.39 is 39.0 Å². The number of hydrogen-bond acceptors (Lipinski definition) is 6. The molecule has 8 nitrogen and oxygen atoms in total. The maximum atomic E-state index is 10.6. The molecule has 0 aliphatic rings. The number of ketones is 1. The molecule has 0 aromatic rings. The van der Waals surface area contributed by atoms with Crippen LogP contribution in [0.25, 0.3) is 0 Å². The molecule has 0 saturated carbocycles. The van der Waals surface area contributed by atoms with E-state index in [1.807, 2.05) is 0 Å². The number of hydrogen-bond donors (Lipinski definition) is 5. The van der Waals surface area contributed by atoms with Crippen molar-refractivity contribution in [3.05, 3.63) is 0 Å². The number of carbonyl (C=O) groups excluding carboxylic acids is 1. The van der Waals surface area contributed by atoms with Crippen molar-refractivity contribution in [3.8, 4) is 0 Å². The molecule has 2 atom stereocenters. The van der Waals surface area contributed by atoms with Crippen LogP contribution in [0.15, 0.2) is 0 Å². The number of Topliss-reactive ketones (excluding diaryl/α,β-unsaturated/α-hetero) is 1. The van der Waals surface area contributed by atoms with E-state index in [4.69, 9.17) is 25.1 Å². The summed E-state index contributed by atoms with van der Waals surface area (Å²) in [4.78, 5) is 27.0. The molecule has 0 aliphatic carbocycles. The van der Waals surface area contributed by atoms with Crippen molar-refractivity contribution in [2.75, 3.05) is 13.2 Å². The Morgan fingerprint density at radius 2 is 1.87 bits per heavy atom. The first kappa shape index (κ1) is 18.0. The number of aliphatic hydroxyl groups excluding tert-OH is 3. The van der Waals surface area contributed by atoms with Crippen LogP contribution in [-0.2, 0) is 13.9 Å². The van der Waals surface area contributed by atoms with Crippen molar-refractivity contribution in [2.24, 2.45) is 0 Å². The zero-order valence-electron chi connectivity index (χ0n) is 8.98. The minimum atomic E-state index is -4.74. The number of aliphatic hydroxyl groups is 3. The van der Waals surface area contributed by atoms with Gasteiger partial charge in [0.2, 0.25) is 0 Å². The first-order valence-corrected chi connectivity index (χ1v) is 5.00. The third-order valence-corrected chi connectivity index (χ3v) is 1.75. The molecule has 0 aromatic carbocycles. The zero-order valence-corrected chi connectivity index (χ0v) is 10.9. The molecule has 15 heavy (non-hydrogen) atoms. The quantitative estimate of drug-likeness (QED) is 0.233. The second-order valence-corrected chi connectivity index (χ2v) is 3.66. The minimum absolute atomic E-state index is 0. The minimum Gasteiger partial charge on any atom is -1.00 e. The largest absolute Gasteiger partial charge is 1.00 e. The molecule has 0 amide bonds. The van der Waals surface area contributed by atoms with Gasteiger partial charge in [0.1, 0.15) is 18.8 Å². The summed E-state index contributed by atoms with van der Waals surface area (Å²) in [7, 11) is -4.74. The molecule has 0 spiro atoms. The Balaban J connectivity index is -0.000000845. The van der Waals surface area contributed by atoms with Crippen molar-refractivity contribution in [2.45, 2.75) is 12.2 Å². The summed E-state index contributed by atoms with van der Waals surface area (Å²) in [5.41, 5.74) is 0. The van der Waals surface area contributed by atoms with Gasteiger partial charge in [-0.1, -0.05) is 0 Å². The standard InChI is InChI=1S/C5H11O8P.Na.H/c6-1-3(7)5(9)4(8)2-13-14(10,11)12;;/h4-6,8-9H,1-2H2,(H2,10,11,12);;/q;+1;-1/t4-,5+;;/m1../s1. The van der Waals surface area contributed by atoms with Crippen molar-refractivity contribution >= 4 is 13.6 Å². The van der Waals surface area contributed by atoms with E-state index in [0.29, 0.717) is 0 Å².